The molecule has 0 fully saturated rings. The number of hydrogen-bond donors (Lipinski definition) is 1. The largest absolute Gasteiger partial charge is 0.498 e. The third-order valence-electron chi connectivity index (χ3n) is 5.49. The van der Waals surface area contributed by atoms with Gasteiger partial charge in [-0.15, -0.1) is 12.8 Å². The topological polar surface area (TPSA) is 62.1 Å². The van der Waals surface area contributed by atoms with Crippen LogP contribution in [0.25, 0.3) is 11.6 Å². The summed E-state index contributed by atoms with van der Waals surface area (Å²) in [6.07, 6.45) is 23.5. The quantitative estimate of drug-likeness (QED) is 0.0737. The molecular formula is C33H40Cl2N2O3. The van der Waals surface area contributed by atoms with Gasteiger partial charge >= 0.3 is 5.97 Å². The lowest BCUT2D eigenvalue weighted by Crippen LogP contribution is -2.10. The number of aryl methyl sites for hydroxylation is 1. The Morgan fingerprint density at radius 2 is 1.90 bits per heavy atom. The van der Waals surface area contributed by atoms with E-state index in [4.69, 9.17) is 33.0 Å². The standard InChI is InChI=1S/C31H38Cl2N2O3.C2H2/c1-7-35(6)22-30(29(26(5)33)12-8-18-32)34-19-9-11-27-21-28(17-15-24(27)3)23(2)14-16-25(4)38-20-10-13-31(36)37;1-2/h8-9,11-12,14-19,21-22H,5,7,10,13,20H2,1-4,6H3,(H,36,37);1-2H/b11-9+,18-8+,23-14+,25-16+,29-12+,30-22-,34-19-;. The molecule has 0 atom stereocenters. The molecule has 0 amide bonds. The van der Waals surface area contributed by atoms with E-state index in [1.165, 1.54) is 5.54 Å². The Morgan fingerprint density at radius 1 is 1.20 bits per heavy atom. The lowest BCUT2D eigenvalue weighted by molar-refractivity contribution is -0.137. The molecule has 0 saturated heterocycles. The fourth-order valence-corrected chi connectivity index (χ4v) is 3.33. The number of halogens is 2. The maximum absolute atomic E-state index is 10.6. The minimum absolute atomic E-state index is 0.102. The van der Waals surface area contributed by atoms with E-state index in [1.807, 2.05) is 63.2 Å². The molecule has 214 valence electrons. The van der Waals surface area contributed by atoms with Gasteiger partial charge in [-0.2, -0.15) is 0 Å². The van der Waals surface area contributed by atoms with Crippen molar-refractivity contribution in [3.05, 3.63) is 106 Å². The Kier molecular flexibility index (Phi) is 19.2. The average Bonchev–Trinajstić information content (AvgIpc) is 2.93. The van der Waals surface area contributed by atoms with E-state index < -0.39 is 5.97 Å². The SMILES string of the molecule is C#C.C=C(Cl)C(=C\C=C\Cl)/C(=C/N(C)CC)/N=C\C=C\c1cc(/C(C)=C/C=C(\C)OCCCC(=O)O)ccc1C. The first-order chi connectivity index (χ1) is 19.1. The summed E-state index contributed by atoms with van der Waals surface area (Å²) in [5, 5.41) is 9.09. The monoisotopic (exact) mass is 582 g/mol. The molecule has 1 aromatic rings. The van der Waals surface area contributed by atoms with Crippen LogP contribution in [0.15, 0.2) is 93.9 Å². The lowest BCUT2D eigenvalue weighted by atomic mass is 10.00. The number of carboxylic acid groups (broad SMARTS) is 1. The molecule has 40 heavy (non-hydrogen) atoms. The molecule has 0 spiro atoms. The van der Waals surface area contributed by atoms with Gasteiger partial charge in [-0.1, -0.05) is 66.2 Å². The van der Waals surface area contributed by atoms with Crippen molar-refractivity contribution in [2.45, 2.75) is 40.5 Å². The summed E-state index contributed by atoms with van der Waals surface area (Å²) in [5.41, 5.74) is 7.14. The number of benzene rings is 1. The van der Waals surface area contributed by atoms with Crippen LogP contribution in [0.1, 0.15) is 50.3 Å². The third kappa shape index (κ3) is 15.0. The zero-order chi connectivity index (χ0) is 30.5. The van der Waals surface area contributed by atoms with Crippen LogP contribution >= 0.6 is 23.2 Å². The highest BCUT2D eigenvalue weighted by Gasteiger charge is 2.07. The first kappa shape index (κ1) is 36.3. The summed E-state index contributed by atoms with van der Waals surface area (Å²) < 4.78 is 5.58. The van der Waals surface area contributed by atoms with E-state index in [1.54, 1.807) is 18.4 Å². The maximum Gasteiger partial charge on any atom is 0.303 e. The van der Waals surface area contributed by atoms with Gasteiger partial charge in [0, 0.05) is 48.6 Å². The highest BCUT2D eigenvalue weighted by atomic mass is 35.5. The molecule has 1 rings (SSSR count). The lowest BCUT2D eigenvalue weighted by Gasteiger charge is -2.13. The highest BCUT2D eigenvalue weighted by Crippen LogP contribution is 2.23. The molecular weight excluding hydrogens is 543 g/mol. The Hall–Kier alpha value is -3.72. The second kappa shape index (κ2) is 21.1. The Balaban J connectivity index is 0.00000742. The molecule has 0 aliphatic rings. The normalized spacial score (nSPS) is 13.0. The summed E-state index contributed by atoms with van der Waals surface area (Å²) >= 11 is 11.9. The Morgan fingerprint density at radius 3 is 2.50 bits per heavy atom. The first-order valence-electron chi connectivity index (χ1n) is 12.7. The molecule has 0 bridgehead atoms. The number of rotatable bonds is 15. The van der Waals surface area contributed by atoms with Crippen LogP contribution in [-0.2, 0) is 9.53 Å². The molecule has 1 N–H and O–H groups in total. The number of nitrogens with zero attached hydrogens (tertiary/aromatic N) is 2. The van der Waals surface area contributed by atoms with Crippen LogP contribution in [0.3, 0.4) is 0 Å². The van der Waals surface area contributed by atoms with Gasteiger partial charge in [0.25, 0.3) is 0 Å². The van der Waals surface area contributed by atoms with Crippen LogP contribution in [0.4, 0.5) is 0 Å². The summed E-state index contributed by atoms with van der Waals surface area (Å²) in [5.74, 6) is -0.0738. The van der Waals surface area contributed by atoms with Crippen molar-refractivity contribution in [3.8, 4) is 12.8 Å². The number of hydrogen-bond acceptors (Lipinski definition) is 4. The zero-order valence-corrected chi connectivity index (χ0v) is 25.5. The number of terminal acetylenes is 1. The minimum atomic E-state index is -0.815. The highest BCUT2D eigenvalue weighted by molar-refractivity contribution is 6.32. The molecule has 0 aliphatic carbocycles. The first-order valence-corrected chi connectivity index (χ1v) is 13.5. The summed E-state index contributed by atoms with van der Waals surface area (Å²) in [4.78, 5) is 17.2. The number of ether oxygens (including phenoxy) is 1. The van der Waals surface area contributed by atoms with Gasteiger partial charge in [0.2, 0.25) is 0 Å². The van der Waals surface area contributed by atoms with E-state index >= 15 is 0 Å². The predicted octanol–water partition coefficient (Wildman–Crippen LogP) is 8.74. The molecule has 0 radical (unpaired) electrons. The fraction of sp³-hybridized carbons (Fsp3) is 0.273. The van der Waals surface area contributed by atoms with Crippen LogP contribution < -0.4 is 0 Å². The maximum atomic E-state index is 10.6. The number of aliphatic carboxylic acids is 1. The summed E-state index contributed by atoms with van der Waals surface area (Å²) in [7, 11) is 1.96. The molecule has 5 nitrogen and oxygen atoms in total. The van der Waals surface area contributed by atoms with Crippen molar-refractivity contribution >= 4 is 47.0 Å². The number of allylic oxidation sites excluding steroid dienone is 8. The van der Waals surface area contributed by atoms with Crippen molar-refractivity contribution in [1.82, 2.24) is 4.90 Å². The average molecular weight is 584 g/mol. The van der Waals surface area contributed by atoms with E-state index in [0.29, 0.717) is 29.3 Å². The van der Waals surface area contributed by atoms with Crippen molar-refractivity contribution in [3.63, 3.8) is 0 Å². The van der Waals surface area contributed by atoms with Crippen LogP contribution in [-0.4, -0.2) is 42.4 Å². The van der Waals surface area contributed by atoms with Crippen LogP contribution in [0.2, 0.25) is 0 Å². The van der Waals surface area contributed by atoms with E-state index in [2.05, 4.69) is 49.5 Å². The second-order valence-electron chi connectivity index (χ2n) is 8.57. The van der Waals surface area contributed by atoms with Gasteiger partial charge in [-0.05, 0) is 74.6 Å². The summed E-state index contributed by atoms with van der Waals surface area (Å²) in [6, 6.07) is 6.29. The smallest absolute Gasteiger partial charge is 0.303 e. The number of carbonyl (C=O) groups is 1. The van der Waals surface area contributed by atoms with Gasteiger partial charge in [0.05, 0.1) is 18.1 Å². The molecule has 0 saturated carbocycles. The number of carboxylic acids is 1. The molecule has 0 heterocycles. The van der Waals surface area contributed by atoms with Gasteiger partial charge in [0.15, 0.2) is 0 Å². The fourth-order valence-electron chi connectivity index (χ4n) is 3.10. The van der Waals surface area contributed by atoms with Crippen LogP contribution in [0.5, 0.6) is 0 Å². The Bertz CT molecular complexity index is 1220. The van der Waals surface area contributed by atoms with E-state index in [0.717, 1.165) is 34.6 Å². The van der Waals surface area contributed by atoms with Crippen molar-refractivity contribution in [2.75, 3.05) is 20.2 Å². The third-order valence-corrected chi connectivity index (χ3v) is 5.84. The van der Waals surface area contributed by atoms with Crippen molar-refractivity contribution in [1.29, 1.82) is 0 Å². The van der Waals surface area contributed by atoms with Gasteiger partial charge in [0.1, 0.15) is 0 Å². The second-order valence-corrected chi connectivity index (χ2v) is 9.28. The van der Waals surface area contributed by atoms with Crippen molar-refractivity contribution < 1.29 is 14.6 Å². The minimum Gasteiger partial charge on any atom is -0.498 e. The predicted molar refractivity (Wildman–Crippen MR) is 173 cm³/mol. The van der Waals surface area contributed by atoms with Gasteiger partial charge < -0.3 is 14.7 Å². The van der Waals surface area contributed by atoms with Crippen molar-refractivity contribution in [2.24, 2.45) is 4.99 Å². The number of aliphatic imine (C=N–C) groups is 1. The van der Waals surface area contributed by atoms with E-state index in [9.17, 15) is 4.79 Å². The molecule has 7 heteroatoms. The van der Waals surface area contributed by atoms with Crippen LogP contribution in [0, 0.1) is 19.8 Å². The molecule has 0 aliphatic heterocycles. The summed E-state index contributed by atoms with van der Waals surface area (Å²) in [6.45, 7) is 13.1. The Labute approximate surface area is 250 Å². The van der Waals surface area contributed by atoms with Gasteiger partial charge in [-0.25, -0.2) is 0 Å². The van der Waals surface area contributed by atoms with E-state index in [-0.39, 0.29) is 6.42 Å². The molecule has 0 aromatic heterocycles. The zero-order valence-electron chi connectivity index (χ0n) is 24.0. The van der Waals surface area contributed by atoms with Gasteiger partial charge in [-0.3, -0.25) is 9.79 Å². The molecule has 1 aromatic carbocycles. The molecule has 0 unspecified atom stereocenters.